The summed E-state index contributed by atoms with van der Waals surface area (Å²) in [5.74, 6) is 1.19. The summed E-state index contributed by atoms with van der Waals surface area (Å²) < 4.78 is 0. The van der Waals surface area contributed by atoms with Gasteiger partial charge < -0.3 is 11.5 Å². The fourth-order valence-electron chi connectivity index (χ4n) is 1.02. The molecule has 0 saturated heterocycles. The summed E-state index contributed by atoms with van der Waals surface area (Å²) in [6, 6.07) is 7.86. The van der Waals surface area contributed by atoms with E-state index >= 15 is 0 Å². The Hall–Kier alpha value is -1.16. The molecule has 0 heterocycles. The van der Waals surface area contributed by atoms with Crippen molar-refractivity contribution in [1.82, 2.24) is 0 Å². The van der Waals surface area contributed by atoms with Crippen LogP contribution in [0, 0.1) is 0 Å². The number of guanidine groups is 1. The highest BCUT2D eigenvalue weighted by atomic mass is 32.2. The molecule has 0 aliphatic rings. The first-order valence-corrected chi connectivity index (χ1v) is 5.54. The van der Waals surface area contributed by atoms with E-state index in [1.807, 2.05) is 24.3 Å². The number of nitrogens with two attached hydrogens (primary N) is 2. The van der Waals surface area contributed by atoms with Crippen LogP contribution in [-0.4, -0.2) is 11.7 Å². The molecule has 0 atom stereocenters. The molecule has 0 saturated carbocycles. The first-order chi connectivity index (χ1) is 6.74. The van der Waals surface area contributed by atoms with Gasteiger partial charge >= 0.3 is 0 Å². The van der Waals surface area contributed by atoms with Crippen molar-refractivity contribution in [3.05, 3.63) is 24.3 Å². The molecule has 0 unspecified atom stereocenters. The Morgan fingerprint density at radius 3 is 2.71 bits per heavy atom. The van der Waals surface area contributed by atoms with Crippen LogP contribution in [-0.2, 0) is 0 Å². The van der Waals surface area contributed by atoms with Gasteiger partial charge in [-0.25, -0.2) is 4.99 Å². The van der Waals surface area contributed by atoms with Crippen LogP contribution in [0.1, 0.15) is 13.3 Å². The maximum absolute atomic E-state index is 5.34. The Morgan fingerprint density at radius 2 is 2.07 bits per heavy atom. The summed E-state index contributed by atoms with van der Waals surface area (Å²) in [6.07, 6.45) is 1.14. The zero-order valence-corrected chi connectivity index (χ0v) is 9.05. The molecule has 3 nitrogen and oxygen atoms in total. The van der Waals surface area contributed by atoms with Gasteiger partial charge in [-0.2, -0.15) is 0 Å². The van der Waals surface area contributed by atoms with Gasteiger partial charge in [-0.1, -0.05) is 19.1 Å². The van der Waals surface area contributed by atoms with E-state index in [2.05, 4.69) is 11.9 Å². The zero-order valence-electron chi connectivity index (χ0n) is 8.23. The number of aliphatic imine (C=N–C) groups is 1. The molecule has 1 rings (SSSR count). The summed E-state index contributed by atoms with van der Waals surface area (Å²) >= 11 is 1.77. The predicted molar refractivity (Wildman–Crippen MR) is 62.9 cm³/mol. The van der Waals surface area contributed by atoms with E-state index in [1.54, 1.807) is 11.8 Å². The van der Waals surface area contributed by atoms with Gasteiger partial charge in [0.1, 0.15) is 0 Å². The highest BCUT2D eigenvalue weighted by Gasteiger charge is 2.00. The van der Waals surface area contributed by atoms with Crippen LogP contribution in [0.15, 0.2) is 34.2 Å². The second-order valence-corrected chi connectivity index (χ2v) is 3.99. The maximum Gasteiger partial charge on any atom is 0.191 e. The van der Waals surface area contributed by atoms with Crippen LogP contribution in [0.25, 0.3) is 0 Å². The van der Waals surface area contributed by atoms with Gasteiger partial charge in [0, 0.05) is 4.90 Å². The van der Waals surface area contributed by atoms with Gasteiger partial charge in [-0.3, -0.25) is 0 Å². The number of thioether (sulfide) groups is 1. The van der Waals surface area contributed by atoms with E-state index in [0.717, 1.165) is 22.8 Å². The molecule has 0 fully saturated rings. The first kappa shape index (κ1) is 10.9. The molecule has 4 heteroatoms. The average Bonchev–Trinajstić information content (AvgIpc) is 2.16. The minimum Gasteiger partial charge on any atom is -0.370 e. The number of para-hydroxylation sites is 1. The van der Waals surface area contributed by atoms with E-state index < -0.39 is 0 Å². The molecule has 1 aromatic carbocycles. The quantitative estimate of drug-likeness (QED) is 0.453. The van der Waals surface area contributed by atoms with E-state index in [0.29, 0.717) is 0 Å². The van der Waals surface area contributed by atoms with Crippen molar-refractivity contribution in [2.75, 3.05) is 5.75 Å². The molecule has 0 bridgehead atoms. The number of rotatable bonds is 4. The Labute approximate surface area is 88.6 Å². The van der Waals surface area contributed by atoms with E-state index in [-0.39, 0.29) is 5.96 Å². The SMILES string of the molecule is CCCSc1ccccc1N=C(N)N. The molecule has 0 aliphatic heterocycles. The monoisotopic (exact) mass is 209 g/mol. The lowest BCUT2D eigenvalue weighted by Crippen LogP contribution is -2.21. The fourth-order valence-corrected chi connectivity index (χ4v) is 1.88. The molecule has 0 aliphatic carbocycles. The van der Waals surface area contributed by atoms with Crippen molar-refractivity contribution in [3.63, 3.8) is 0 Å². The topological polar surface area (TPSA) is 64.4 Å². The zero-order chi connectivity index (χ0) is 10.4. The van der Waals surface area contributed by atoms with Crippen LogP contribution < -0.4 is 11.5 Å². The third-order valence-electron chi connectivity index (χ3n) is 1.58. The predicted octanol–water partition coefficient (Wildman–Crippen LogP) is 2.09. The third-order valence-corrected chi connectivity index (χ3v) is 2.85. The van der Waals surface area contributed by atoms with Gasteiger partial charge in [-0.05, 0) is 24.3 Å². The largest absolute Gasteiger partial charge is 0.370 e. The average molecular weight is 209 g/mol. The van der Waals surface area contributed by atoms with Gasteiger partial charge in [-0.15, -0.1) is 11.8 Å². The van der Waals surface area contributed by atoms with E-state index in [4.69, 9.17) is 11.5 Å². The minimum atomic E-state index is 0.106. The molecule has 0 radical (unpaired) electrons. The van der Waals surface area contributed by atoms with Crippen molar-refractivity contribution in [3.8, 4) is 0 Å². The molecular weight excluding hydrogens is 194 g/mol. The third kappa shape index (κ3) is 3.30. The van der Waals surface area contributed by atoms with Crippen molar-refractivity contribution in [2.45, 2.75) is 18.2 Å². The van der Waals surface area contributed by atoms with Crippen molar-refractivity contribution < 1.29 is 0 Å². The van der Waals surface area contributed by atoms with Gasteiger partial charge in [0.15, 0.2) is 5.96 Å². The molecule has 76 valence electrons. The van der Waals surface area contributed by atoms with E-state index in [1.165, 1.54) is 0 Å². The number of nitrogens with zero attached hydrogens (tertiary/aromatic N) is 1. The molecule has 0 spiro atoms. The van der Waals surface area contributed by atoms with Crippen LogP contribution in [0.3, 0.4) is 0 Å². The summed E-state index contributed by atoms with van der Waals surface area (Å²) in [4.78, 5) is 5.19. The molecule has 14 heavy (non-hydrogen) atoms. The summed E-state index contributed by atoms with van der Waals surface area (Å²) in [5.41, 5.74) is 11.5. The Balaban J connectivity index is 2.86. The Bertz CT molecular complexity index is 319. The number of benzene rings is 1. The first-order valence-electron chi connectivity index (χ1n) is 4.55. The minimum absolute atomic E-state index is 0.106. The summed E-state index contributed by atoms with van der Waals surface area (Å²) in [7, 11) is 0. The highest BCUT2D eigenvalue weighted by Crippen LogP contribution is 2.29. The van der Waals surface area contributed by atoms with Crippen LogP contribution >= 0.6 is 11.8 Å². The summed E-state index contributed by atoms with van der Waals surface area (Å²) in [6.45, 7) is 2.15. The van der Waals surface area contributed by atoms with Gasteiger partial charge in [0.2, 0.25) is 0 Å². The van der Waals surface area contributed by atoms with Gasteiger partial charge in [0.05, 0.1) is 5.69 Å². The molecule has 4 N–H and O–H groups in total. The highest BCUT2D eigenvalue weighted by molar-refractivity contribution is 7.99. The number of hydrogen-bond acceptors (Lipinski definition) is 2. The second kappa shape index (κ2) is 5.54. The smallest absolute Gasteiger partial charge is 0.191 e. The molecular formula is C10H15N3S. The van der Waals surface area contributed by atoms with Crippen molar-refractivity contribution >= 4 is 23.4 Å². The fraction of sp³-hybridized carbons (Fsp3) is 0.300. The lowest BCUT2D eigenvalue weighted by atomic mass is 10.3. The van der Waals surface area contributed by atoms with Crippen LogP contribution in [0.4, 0.5) is 5.69 Å². The molecule has 0 aromatic heterocycles. The summed E-state index contributed by atoms with van der Waals surface area (Å²) in [5, 5.41) is 0. The van der Waals surface area contributed by atoms with Crippen LogP contribution in [0.2, 0.25) is 0 Å². The normalized spacial score (nSPS) is 9.79. The maximum atomic E-state index is 5.34. The lowest BCUT2D eigenvalue weighted by molar-refractivity contribution is 1.10. The van der Waals surface area contributed by atoms with Crippen molar-refractivity contribution in [1.29, 1.82) is 0 Å². The van der Waals surface area contributed by atoms with Crippen LogP contribution in [0.5, 0.6) is 0 Å². The molecule has 0 amide bonds. The Morgan fingerprint density at radius 1 is 1.36 bits per heavy atom. The standard InChI is InChI=1S/C10H15N3S/c1-2-7-14-9-6-4-3-5-8(9)13-10(11)12/h3-6H,2,7H2,1H3,(H4,11,12,13). The van der Waals surface area contributed by atoms with E-state index in [9.17, 15) is 0 Å². The molecule has 1 aromatic rings. The Kier molecular flexibility index (Phi) is 4.32. The van der Waals surface area contributed by atoms with Gasteiger partial charge in [0.25, 0.3) is 0 Å². The second-order valence-electron chi connectivity index (χ2n) is 2.85. The lowest BCUT2D eigenvalue weighted by Gasteiger charge is -2.03. The van der Waals surface area contributed by atoms with Crippen molar-refractivity contribution in [2.24, 2.45) is 16.5 Å². The number of hydrogen-bond donors (Lipinski definition) is 2.